The molecule has 3 N–H and O–H groups in total. The molecule has 1 aromatic carbocycles. The Balaban J connectivity index is 2.13. The summed E-state index contributed by atoms with van der Waals surface area (Å²) in [5.41, 5.74) is 2.39. The van der Waals surface area contributed by atoms with Gasteiger partial charge in [0.2, 0.25) is 5.79 Å². The third kappa shape index (κ3) is 2.35. The summed E-state index contributed by atoms with van der Waals surface area (Å²) in [5.74, 6) is -0.812. The summed E-state index contributed by atoms with van der Waals surface area (Å²) in [5, 5.41) is 20.1. The zero-order valence-electron chi connectivity index (χ0n) is 10.8. The van der Waals surface area contributed by atoms with E-state index in [1.54, 1.807) is 7.11 Å². The van der Waals surface area contributed by atoms with Crippen molar-refractivity contribution in [1.82, 2.24) is 5.48 Å². The minimum atomic E-state index is -1.59. The SMILES string of the molecule is COc1ccc([C@@H]2C[C@](O)(C(C)(C)O)ON2)cc1. The van der Waals surface area contributed by atoms with E-state index in [9.17, 15) is 10.2 Å². The number of rotatable bonds is 3. The van der Waals surface area contributed by atoms with Crippen molar-refractivity contribution in [3.63, 3.8) is 0 Å². The van der Waals surface area contributed by atoms with Gasteiger partial charge in [-0.1, -0.05) is 12.1 Å². The van der Waals surface area contributed by atoms with Crippen molar-refractivity contribution < 1.29 is 19.8 Å². The lowest BCUT2D eigenvalue weighted by Gasteiger charge is -2.32. The van der Waals surface area contributed by atoms with Crippen molar-refractivity contribution in [3.05, 3.63) is 29.8 Å². The predicted octanol–water partition coefficient (Wildman–Crippen LogP) is 1.12. The number of ether oxygens (including phenoxy) is 1. The maximum absolute atomic E-state index is 10.2. The van der Waals surface area contributed by atoms with Gasteiger partial charge in [0, 0.05) is 6.42 Å². The van der Waals surface area contributed by atoms with Crippen LogP contribution in [0.3, 0.4) is 0 Å². The standard InChI is InChI=1S/C13H19NO4/c1-12(2,15)13(16)8-11(14-18-13)9-4-6-10(17-3)7-5-9/h4-7,11,14-16H,8H2,1-3H3/t11-,13+/m0/s1. The van der Waals surface area contributed by atoms with Crippen molar-refractivity contribution in [1.29, 1.82) is 0 Å². The van der Waals surface area contributed by atoms with E-state index in [1.807, 2.05) is 24.3 Å². The largest absolute Gasteiger partial charge is 0.497 e. The highest BCUT2D eigenvalue weighted by atomic mass is 16.8. The first kappa shape index (κ1) is 13.3. The number of nitrogens with one attached hydrogen (secondary N) is 1. The van der Waals surface area contributed by atoms with E-state index >= 15 is 0 Å². The van der Waals surface area contributed by atoms with Gasteiger partial charge in [0.15, 0.2) is 0 Å². The summed E-state index contributed by atoms with van der Waals surface area (Å²) in [6.07, 6.45) is 0.281. The first-order chi connectivity index (χ1) is 8.36. The van der Waals surface area contributed by atoms with Crippen LogP contribution < -0.4 is 10.2 Å². The Labute approximate surface area is 106 Å². The van der Waals surface area contributed by atoms with Crippen LogP contribution >= 0.6 is 0 Å². The van der Waals surface area contributed by atoms with Gasteiger partial charge in [-0.3, -0.25) is 4.84 Å². The van der Waals surface area contributed by atoms with Gasteiger partial charge < -0.3 is 14.9 Å². The fraction of sp³-hybridized carbons (Fsp3) is 0.538. The summed E-state index contributed by atoms with van der Waals surface area (Å²) < 4.78 is 5.09. The molecule has 0 bridgehead atoms. The number of hydrogen-bond donors (Lipinski definition) is 3. The van der Waals surface area contributed by atoms with Crippen molar-refractivity contribution >= 4 is 0 Å². The van der Waals surface area contributed by atoms with Crippen molar-refractivity contribution in [2.75, 3.05) is 7.11 Å². The highest BCUT2D eigenvalue weighted by Crippen LogP contribution is 2.38. The Bertz CT molecular complexity index is 412. The van der Waals surface area contributed by atoms with Crippen LogP contribution in [-0.4, -0.2) is 28.7 Å². The summed E-state index contributed by atoms with van der Waals surface area (Å²) in [4.78, 5) is 5.15. The molecular formula is C13H19NO4. The maximum Gasteiger partial charge on any atom is 0.215 e. The van der Waals surface area contributed by atoms with Gasteiger partial charge >= 0.3 is 0 Å². The zero-order chi connectivity index (χ0) is 13.4. The van der Waals surface area contributed by atoms with Gasteiger partial charge in [-0.15, -0.1) is 0 Å². The Morgan fingerprint density at radius 2 is 2.00 bits per heavy atom. The van der Waals surface area contributed by atoms with Gasteiger partial charge in [-0.25, -0.2) is 0 Å². The number of hydroxylamine groups is 1. The van der Waals surface area contributed by atoms with Crippen LogP contribution in [0.25, 0.3) is 0 Å². The van der Waals surface area contributed by atoms with Crippen LogP contribution in [0.1, 0.15) is 31.9 Å². The summed E-state index contributed by atoms with van der Waals surface area (Å²) >= 11 is 0. The molecule has 1 aliphatic rings. The molecule has 0 spiro atoms. The van der Waals surface area contributed by atoms with Crippen LogP contribution in [0.2, 0.25) is 0 Å². The number of aliphatic hydroxyl groups is 2. The molecule has 1 saturated heterocycles. The normalized spacial score (nSPS) is 28.4. The molecule has 5 nitrogen and oxygen atoms in total. The van der Waals surface area contributed by atoms with E-state index in [0.29, 0.717) is 0 Å². The van der Waals surface area contributed by atoms with E-state index in [2.05, 4.69) is 5.48 Å². The quantitative estimate of drug-likeness (QED) is 0.753. The Morgan fingerprint density at radius 1 is 1.39 bits per heavy atom. The van der Waals surface area contributed by atoms with Gasteiger partial charge in [-0.05, 0) is 31.5 Å². The molecule has 0 aliphatic carbocycles. The molecule has 0 aromatic heterocycles. The monoisotopic (exact) mass is 253 g/mol. The minimum Gasteiger partial charge on any atom is -0.497 e. The van der Waals surface area contributed by atoms with E-state index < -0.39 is 11.4 Å². The molecule has 5 heteroatoms. The molecule has 18 heavy (non-hydrogen) atoms. The van der Waals surface area contributed by atoms with Crippen LogP contribution in [0.5, 0.6) is 5.75 Å². The summed E-state index contributed by atoms with van der Waals surface area (Å²) in [7, 11) is 1.61. The average molecular weight is 253 g/mol. The Kier molecular flexibility index (Phi) is 3.33. The molecule has 2 rings (SSSR count). The lowest BCUT2D eigenvalue weighted by Crippen LogP contribution is -2.50. The molecule has 0 radical (unpaired) electrons. The third-order valence-corrected chi connectivity index (χ3v) is 3.32. The molecule has 1 heterocycles. The summed E-state index contributed by atoms with van der Waals surface area (Å²) in [6.45, 7) is 3.04. The molecule has 0 amide bonds. The fourth-order valence-electron chi connectivity index (χ4n) is 1.93. The number of benzene rings is 1. The Hall–Kier alpha value is -1.14. The minimum absolute atomic E-state index is 0.160. The molecular weight excluding hydrogens is 234 g/mol. The molecule has 100 valence electrons. The van der Waals surface area contributed by atoms with E-state index in [0.717, 1.165) is 11.3 Å². The van der Waals surface area contributed by atoms with Crippen molar-refractivity contribution in [2.45, 2.75) is 37.7 Å². The zero-order valence-corrected chi connectivity index (χ0v) is 10.8. The molecule has 1 fully saturated rings. The highest BCUT2D eigenvalue weighted by Gasteiger charge is 2.50. The fourth-order valence-corrected chi connectivity index (χ4v) is 1.93. The average Bonchev–Trinajstić information content (AvgIpc) is 2.73. The lowest BCUT2D eigenvalue weighted by molar-refractivity contribution is -0.284. The second-order valence-corrected chi connectivity index (χ2v) is 5.09. The molecule has 1 aliphatic heterocycles. The van der Waals surface area contributed by atoms with Crippen molar-refractivity contribution in [3.8, 4) is 5.75 Å². The second kappa shape index (κ2) is 4.51. The predicted molar refractivity (Wildman–Crippen MR) is 65.8 cm³/mol. The molecule has 1 aromatic rings. The molecule has 0 unspecified atom stereocenters. The molecule has 2 atom stereocenters. The maximum atomic E-state index is 10.2. The van der Waals surface area contributed by atoms with E-state index in [1.165, 1.54) is 13.8 Å². The van der Waals surface area contributed by atoms with Crippen LogP contribution in [0.15, 0.2) is 24.3 Å². The second-order valence-electron chi connectivity index (χ2n) is 5.09. The lowest BCUT2D eigenvalue weighted by atomic mass is 9.90. The van der Waals surface area contributed by atoms with Crippen molar-refractivity contribution in [2.24, 2.45) is 0 Å². The van der Waals surface area contributed by atoms with Crippen LogP contribution in [0, 0.1) is 0 Å². The number of hydrogen-bond acceptors (Lipinski definition) is 5. The third-order valence-electron chi connectivity index (χ3n) is 3.32. The van der Waals surface area contributed by atoms with Crippen LogP contribution in [-0.2, 0) is 4.84 Å². The first-order valence-corrected chi connectivity index (χ1v) is 5.88. The van der Waals surface area contributed by atoms with Gasteiger partial charge in [0.25, 0.3) is 0 Å². The highest BCUT2D eigenvalue weighted by molar-refractivity contribution is 5.29. The smallest absolute Gasteiger partial charge is 0.215 e. The Morgan fingerprint density at radius 3 is 2.44 bits per heavy atom. The van der Waals surface area contributed by atoms with E-state index in [4.69, 9.17) is 9.57 Å². The van der Waals surface area contributed by atoms with Gasteiger partial charge in [0.1, 0.15) is 11.4 Å². The van der Waals surface area contributed by atoms with Gasteiger partial charge in [0.05, 0.1) is 13.2 Å². The first-order valence-electron chi connectivity index (χ1n) is 5.88. The van der Waals surface area contributed by atoms with Gasteiger partial charge in [-0.2, -0.15) is 5.48 Å². The summed E-state index contributed by atoms with van der Waals surface area (Å²) in [6, 6.07) is 7.33. The molecule has 0 saturated carbocycles. The van der Waals surface area contributed by atoms with E-state index in [-0.39, 0.29) is 12.5 Å². The number of methoxy groups -OCH3 is 1. The topological polar surface area (TPSA) is 71.0 Å². The van der Waals surface area contributed by atoms with Crippen LogP contribution in [0.4, 0.5) is 0 Å².